The van der Waals surface area contributed by atoms with E-state index in [-0.39, 0.29) is 12.0 Å². The molecule has 0 amide bonds. The first-order valence-electron chi connectivity index (χ1n) is 7.36. The van der Waals surface area contributed by atoms with Gasteiger partial charge in [0, 0.05) is 25.3 Å². The van der Waals surface area contributed by atoms with Crippen molar-refractivity contribution in [1.29, 1.82) is 0 Å². The number of nitrogens with zero attached hydrogens (tertiary/aromatic N) is 1. The minimum Gasteiger partial charge on any atom is -0.494 e. The highest BCUT2D eigenvalue weighted by molar-refractivity contribution is 5.35. The summed E-state index contributed by atoms with van der Waals surface area (Å²) in [7, 11) is 0. The van der Waals surface area contributed by atoms with Crippen molar-refractivity contribution in [3.8, 4) is 5.75 Å². The number of nitro groups is 1. The molecule has 1 atom stereocenters. The summed E-state index contributed by atoms with van der Waals surface area (Å²) in [5.74, 6) is 0.650. The van der Waals surface area contributed by atoms with Crippen molar-refractivity contribution in [2.45, 2.75) is 38.4 Å². The highest BCUT2D eigenvalue weighted by atomic mass is 16.7. The van der Waals surface area contributed by atoms with E-state index < -0.39 is 4.92 Å². The van der Waals surface area contributed by atoms with E-state index in [1.807, 2.05) is 0 Å². The lowest BCUT2D eigenvalue weighted by atomic mass is 10.2. The van der Waals surface area contributed by atoms with Gasteiger partial charge in [-0.05, 0) is 44.2 Å². The van der Waals surface area contributed by atoms with Crippen LogP contribution in [0.5, 0.6) is 5.75 Å². The Morgan fingerprint density at radius 3 is 2.62 bits per heavy atom. The second-order valence-electron chi connectivity index (χ2n) is 4.97. The van der Waals surface area contributed by atoms with Crippen LogP contribution in [0.2, 0.25) is 0 Å². The van der Waals surface area contributed by atoms with Gasteiger partial charge in [0.15, 0.2) is 6.29 Å². The summed E-state index contributed by atoms with van der Waals surface area (Å²) in [5.41, 5.74) is 0.0724. The minimum absolute atomic E-state index is 0.0330. The van der Waals surface area contributed by atoms with E-state index in [4.69, 9.17) is 14.2 Å². The zero-order valence-corrected chi connectivity index (χ0v) is 12.0. The largest absolute Gasteiger partial charge is 0.494 e. The van der Waals surface area contributed by atoms with Crippen molar-refractivity contribution >= 4 is 5.69 Å². The minimum atomic E-state index is -0.422. The molecule has 1 aromatic rings. The third-order valence-corrected chi connectivity index (χ3v) is 3.30. The third kappa shape index (κ3) is 5.69. The highest BCUT2D eigenvalue weighted by Crippen LogP contribution is 2.17. The van der Waals surface area contributed by atoms with Gasteiger partial charge in [0.2, 0.25) is 0 Å². The van der Waals surface area contributed by atoms with Crippen LogP contribution in [0, 0.1) is 10.1 Å². The van der Waals surface area contributed by atoms with Crippen LogP contribution in [0.3, 0.4) is 0 Å². The summed E-state index contributed by atoms with van der Waals surface area (Å²) in [6, 6.07) is 6.12. The third-order valence-electron chi connectivity index (χ3n) is 3.30. The van der Waals surface area contributed by atoms with Gasteiger partial charge in [-0.1, -0.05) is 0 Å². The number of hydrogen-bond acceptors (Lipinski definition) is 5. The summed E-state index contributed by atoms with van der Waals surface area (Å²) in [6.07, 6.45) is 5.04. The fraction of sp³-hybridized carbons (Fsp3) is 0.600. The Bertz CT molecular complexity index is 428. The molecule has 2 rings (SSSR count). The predicted octanol–water partition coefficient (Wildman–Crippen LogP) is 3.30. The maximum Gasteiger partial charge on any atom is 0.269 e. The van der Waals surface area contributed by atoms with E-state index >= 15 is 0 Å². The molecule has 116 valence electrons. The molecule has 0 saturated carbocycles. The lowest BCUT2D eigenvalue weighted by Gasteiger charge is -2.22. The maximum absolute atomic E-state index is 10.5. The Morgan fingerprint density at radius 2 is 1.95 bits per heavy atom. The van der Waals surface area contributed by atoms with Gasteiger partial charge in [0.1, 0.15) is 5.75 Å². The molecular formula is C15H21NO5. The molecule has 1 fully saturated rings. The number of nitro benzene ring substituents is 1. The lowest BCUT2D eigenvalue weighted by molar-refractivity contribution is -0.384. The molecule has 6 nitrogen and oxygen atoms in total. The lowest BCUT2D eigenvalue weighted by Crippen LogP contribution is -2.22. The normalized spacial score (nSPS) is 18.4. The average molecular weight is 295 g/mol. The number of unbranched alkanes of at least 4 members (excludes halogenated alkanes) is 1. The second kappa shape index (κ2) is 8.59. The Labute approximate surface area is 124 Å². The molecule has 0 radical (unpaired) electrons. The van der Waals surface area contributed by atoms with Gasteiger partial charge in [-0.25, -0.2) is 0 Å². The van der Waals surface area contributed by atoms with Crippen LogP contribution >= 0.6 is 0 Å². The van der Waals surface area contributed by atoms with Crippen LogP contribution in [-0.4, -0.2) is 31.0 Å². The van der Waals surface area contributed by atoms with Gasteiger partial charge in [-0.3, -0.25) is 10.1 Å². The van der Waals surface area contributed by atoms with E-state index in [1.54, 1.807) is 12.1 Å². The molecule has 6 heteroatoms. The molecule has 0 spiro atoms. The molecule has 1 saturated heterocycles. The van der Waals surface area contributed by atoms with E-state index in [0.29, 0.717) is 19.0 Å². The van der Waals surface area contributed by atoms with Crippen molar-refractivity contribution in [2.24, 2.45) is 0 Å². The van der Waals surface area contributed by atoms with Crippen molar-refractivity contribution in [3.63, 3.8) is 0 Å². The molecule has 1 aliphatic heterocycles. The quantitative estimate of drug-likeness (QED) is 0.418. The fourth-order valence-corrected chi connectivity index (χ4v) is 2.12. The van der Waals surface area contributed by atoms with Gasteiger partial charge in [0.05, 0.1) is 11.5 Å². The first kappa shape index (κ1) is 15.7. The zero-order valence-electron chi connectivity index (χ0n) is 12.0. The Hall–Kier alpha value is -1.66. The smallest absolute Gasteiger partial charge is 0.269 e. The summed E-state index contributed by atoms with van der Waals surface area (Å²) in [4.78, 5) is 10.1. The van der Waals surface area contributed by atoms with Crippen molar-refractivity contribution in [1.82, 2.24) is 0 Å². The van der Waals surface area contributed by atoms with Gasteiger partial charge in [-0.15, -0.1) is 0 Å². The van der Waals surface area contributed by atoms with Gasteiger partial charge >= 0.3 is 0 Å². The van der Waals surface area contributed by atoms with E-state index in [2.05, 4.69) is 0 Å². The summed E-state index contributed by atoms with van der Waals surface area (Å²) in [6.45, 7) is 2.05. The number of ether oxygens (including phenoxy) is 3. The molecule has 1 aliphatic rings. The Kier molecular flexibility index (Phi) is 6.43. The molecule has 0 bridgehead atoms. The molecule has 1 unspecified atom stereocenters. The molecule has 0 aromatic heterocycles. The van der Waals surface area contributed by atoms with Crippen LogP contribution in [-0.2, 0) is 9.47 Å². The molecule has 0 N–H and O–H groups in total. The van der Waals surface area contributed by atoms with Gasteiger partial charge in [0.25, 0.3) is 5.69 Å². The SMILES string of the molecule is O=[N+]([O-])c1ccc(OCCCCOC2CCCCO2)cc1. The van der Waals surface area contributed by atoms with Crippen molar-refractivity contribution in [2.75, 3.05) is 19.8 Å². The summed E-state index contributed by atoms with van der Waals surface area (Å²) >= 11 is 0. The predicted molar refractivity (Wildman–Crippen MR) is 77.4 cm³/mol. The van der Waals surface area contributed by atoms with Crippen LogP contribution in [0.4, 0.5) is 5.69 Å². The van der Waals surface area contributed by atoms with Gasteiger partial charge < -0.3 is 14.2 Å². The zero-order chi connectivity index (χ0) is 14.9. The maximum atomic E-state index is 10.5. The van der Waals surface area contributed by atoms with E-state index in [0.717, 1.165) is 32.3 Å². The molecule has 21 heavy (non-hydrogen) atoms. The number of rotatable bonds is 8. The Balaban J connectivity index is 1.54. The van der Waals surface area contributed by atoms with Crippen LogP contribution in [0.15, 0.2) is 24.3 Å². The number of hydrogen-bond donors (Lipinski definition) is 0. The average Bonchev–Trinajstić information content (AvgIpc) is 2.52. The topological polar surface area (TPSA) is 70.8 Å². The molecular weight excluding hydrogens is 274 g/mol. The number of non-ortho nitro benzene ring substituents is 1. The van der Waals surface area contributed by atoms with E-state index in [1.165, 1.54) is 18.6 Å². The molecule has 1 heterocycles. The Morgan fingerprint density at radius 1 is 1.19 bits per heavy atom. The van der Waals surface area contributed by atoms with E-state index in [9.17, 15) is 10.1 Å². The first-order valence-corrected chi connectivity index (χ1v) is 7.36. The highest BCUT2D eigenvalue weighted by Gasteiger charge is 2.13. The second-order valence-corrected chi connectivity index (χ2v) is 4.97. The molecule has 1 aromatic carbocycles. The van der Waals surface area contributed by atoms with Crippen LogP contribution in [0.1, 0.15) is 32.1 Å². The standard InChI is InChI=1S/C15H21NO5/c17-16(18)13-6-8-14(9-7-13)19-10-3-4-12-21-15-5-1-2-11-20-15/h6-9,15H,1-5,10-12H2. The molecule has 0 aliphatic carbocycles. The van der Waals surface area contributed by atoms with Crippen molar-refractivity contribution < 1.29 is 19.1 Å². The van der Waals surface area contributed by atoms with Crippen LogP contribution in [0.25, 0.3) is 0 Å². The first-order chi connectivity index (χ1) is 10.3. The van der Waals surface area contributed by atoms with Gasteiger partial charge in [-0.2, -0.15) is 0 Å². The fourth-order valence-electron chi connectivity index (χ4n) is 2.12. The van der Waals surface area contributed by atoms with Crippen molar-refractivity contribution in [3.05, 3.63) is 34.4 Å². The summed E-state index contributed by atoms with van der Waals surface area (Å²) in [5, 5.41) is 10.5. The summed E-state index contributed by atoms with van der Waals surface area (Å²) < 4.78 is 16.6. The number of benzene rings is 1. The van der Waals surface area contributed by atoms with Crippen LogP contribution < -0.4 is 4.74 Å². The monoisotopic (exact) mass is 295 g/mol.